The minimum atomic E-state index is -0.367. The molecule has 0 fully saturated rings. The van der Waals surface area contributed by atoms with Crippen molar-refractivity contribution in [2.45, 2.75) is 32.9 Å². The van der Waals surface area contributed by atoms with Crippen LogP contribution in [0.1, 0.15) is 31.9 Å². The third-order valence-electron chi connectivity index (χ3n) is 4.17. The Morgan fingerprint density at radius 1 is 1.08 bits per heavy atom. The lowest BCUT2D eigenvalue weighted by molar-refractivity contribution is -0.147. The predicted octanol–water partition coefficient (Wildman–Crippen LogP) is 4.73. The zero-order chi connectivity index (χ0) is 17.6. The molecule has 1 atom stereocenters. The van der Waals surface area contributed by atoms with E-state index < -0.39 is 0 Å². The Morgan fingerprint density at radius 3 is 2.64 bits per heavy atom. The molecular weight excluding hydrogens is 314 g/mol. The van der Waals surface area contributed by atoms with Crippen molar-refractivity contribution in [2.75, 3.05) is 6.61 Å². The molecule has 0 aliphatic carbocycles. The molecule has 0 amide bonds. The van der Waals surface area contributed by atoms with Gasteiger partial charge in [0.15, 0.2) is 0 Å². The van der Waals surface area contributed by atoms with Gasteiger partial charge in [-0.25, -0.2) is 4.79 Å². The van der Waals surface area contributed by atoms with Gasteiger partial charge in [-0.3, -0.25) is 0 Å². The lowest BCUT2D eigenvalue weighted by Gasteiger charge is -2.15. The van der Waals surface area contributed by atoms with Gasteiger partial charge in [-0.05, 0) is 37.1 Å². The number of nitrogens with zero attached hydrogens (tertiary/aromatic N) is 1. The molecule has 0 saturated carbocycles. The lowest BCUT2D eigenvalue weighted by Crippen LogP contribution is -2.18. The van der Waals surface area contributed by atoms with Gasteiger partial charge in [-0.2, -0.15) is 0 Å². The third-order valence-corrected chi connectivity index (χ3v) is 4.17. The first-order chi connectivity index (χ1) is 12.2. The maximum atomic E-state index is 12.2. The van der Waals surface area contributed by atoms with Gasteiger partial charge >= 0.3 is 5.97 Å². The molecule has 0 N–H and O–H groups in total. The van der Waals surface area contributed by atoms with E-state index in [-0.39, 0.29) is 12.0 Å². The van der Waals surface area contributed by atoms with Crippen molar-refractivity contribution in [3.63, 3.8) is 0 Å². The molecule has 0 radical (unpaired) electrons. The molecule has 3 rings (SSSR count). The quantitative estimate of drug-likeness (QED) is 0.585. The Labute approximate surface area is 148 Å². The predicted molar refractivity (Wildman–Crippen MR) is 98.7 cm³/mol. The zero-order valence-electron chi connectivity index (χ0n) is 14.6. The molecule has 1 heterocycles. The minimum Gasteiger partial charge on any atom is -0.488 e. The summed E-state index contributed by atoms with van der Waals surface area (Å²) in [4.78, 5) is 12.2. The summed E-state index contributed by atoms with van der Waals surface area (Å²) in [5.74, 6) is 0.601. The molecule has 0 spiro atoms. The molecule has 2 aromatic carbocycles. The van der Waals surface area contributed by atoms with E-state index in [1.807, 2.05) is 79.2 Å². The summed E-state index contributed by atoms with van der Waals surface area (Å²) in [6.45, 7) is 4.81. The van der Waals surface area contributed by atoms with Crippen LogP contribution in [0.4, 0.5) is 0 Å². The number of carbonyl (C=O) groups is 1. The lowest BCUT2D eigenvalue weighted by atomic mass is 10.2. The van der Waals surface area contributed by atoms with E-state index in [9.17, 15) is 4.79 Å². The highest BCUT2D eigenvalue weighted by atomic mass is 16.5. The Morgan fingerprint density at radius 2 is 1.88 bits per heavy atom. The smallest absolute Gasteiger partial charge is 0.328 e. The van der Waals surface area contributed by atoms with Gasteiger partial charge in [-0.1, -0.05) is 43.3 Å². The number of rotatable bonds is 7. The highest BCUT2D eigenvalue weighted by Crippen LogP contribution is 2.29. The highest BCUT2D eigenvalue weighted by Gasteiger charge is 2.18. The fourth-order valence-electron chi connectivity index (χ4n) is 2.80. The number of carbonyl (C=O) groups excluding carboxylic acids is 1. The van der Waals surface area contributed by atoms with Crippen LogP contribution in [0.25, 0.3) is 10.9 Å². The van der Waals surface area contributed by atoms with Crippen LogP contribution in [0.3, 0.4) is 0 Å². The van der Waals surface area contributed by atoms with Gasteiger partial charge in [0.05, 0.1) is 12.1 Å². The first kappa shape index (κ1) is 17.1. The summed E-state index contributed by atoms with van der Waals surface area (Å²) in [5.41, 5.74) is 2.09. The van der Waals surface area contributed by atoms with E-state index in [1.54, 1.807) is 0 Å². The molecule has 0 aliphatic rings. The summed E-state index contributed by atoms with van der Waals surface area (Å²) < 4.78 is 13.2. The molecule has 130 valence electrons. The van der Waals surface area contributed by atoms with Gasteiger partial charge in [0.2, 0.25) is 0 Å². The van der Waals surface area contributed by atoms with Crippen LogP contribution in [0.15, 0.2) is 60.8 Å². The minimum absolute atomic E-state index is 0.213. The van der Waals surface area contributed by atoms with Crippen LogP contribution in [0, 0.1) is 0 Å². The van der Waals surface area contributed by atoms with Crippen molar-refractivity contribution < 1.29 is 14.3 Å². The summed E-state index contributed by atoms with van der Waals surface area (Å²) in [5, 5.41) is 0.994. The second-order valence-electron chi connectivity index (χ2n) is 6.03. The highest BCUT2D eigenvalue weighted by molar-refractivity contribution is 5.88. The van der Waals surface area contributed by atoms with Crippen LogP contribution in [0.5, 0.6) is 5.75 Å². The largest absolute Gasteiger partial charge is 0.488 e. The number of fused-ring (bicyclic) bond motifs is 1. The zero-order valence-corrected chi connectivity index (χ0v) is 14.6. The van der Waals surface area contributed by atoms with E-state index in [0.29, 0.717) is 13.2 Å². The molecule has 1 aromatic heterocycles. The van der Waals surface area contributed by atoms with Gasteiger partial charge in [0.25, 0.3) is 0 Å². The Balaban J connectivity index is 1.81. The Kier molecular flexibility index (Phi) is 5.39. The van der Waals surface area contributed by atoms with E-state index in [4.69, 9.17) is 9.47 Å². The Hall–Kier alpha value is -2.75. The van der Waals surface area contributed by atoms with Crippen LogP contribution in [-0.2, 0) is 16.1 Å². The van der Waals surface area contributed by atoms with Crippen molar-refractivity contribution in [3.8, 4) is 5.75 Å². The normalized spacial score (nSPS) is 12.1. The first-order valence-corrected chi connectivity index (χ1v) is 8.63. The van der Waals surface area contributed by atoms with Crippen LogP contribution < -0.4 is 4.74 Å². The van der Waals surface area contributed by atoms with Crippen molar-refractivity contribution in [3.05, 3.63) is 66.4 Å². The number of esters is 1. The van der Waals surface area contributed by atoms with Gasteiger partial charge in [0.1, 0.15) is 18.4 Å². The van der Waals surface area contributed by atoms with E-state index in [1.165, 1.54) is 0 Å². The summed E-state index contributed by atoms with van der Waals surface area (Å²) in [6, 6.07) is 17.6. The summed E-state index contributed by atoms with van der Waals surface area (Å²) >= 11 is 0. The summed E-state index contributed by atoms with van der Waals surface area (Å²) in [7, 11) is 0. The fraction of sp³-hybridized carbons (Fsp3) is 0.286. The molecule has 1 unspecified atom stereocenters. The van der Waals surface area contributed by atoms with E-state index >= 15 is 0 Å². The third kappa shape index (κ3) is 3.85. The summed E-state index contributed by atoms with van der Waals surface area (Å²) in [6.07, 6.45) is 2.74. The standard InChI is InChI=1S/C21H23NO3/c1-3-14-24-21(23)16(2)22-13-12-18-19(22)10-7-11-20(18)25-15-17-8-5-4-6-9-17/h4-13,16H,3,14-15H2,1-2H3. The number of aromatic nitrogens is 1. The maximum absolute atomic E-state index is 12.2. The topological polar surface area (TPSA) is 40.5 Å². The number of hydrogen-bond acceptors (Lipinski definition) is 3. The van der Waals surface area contributed by atoms with Crippen LogP contribution >= 0.6 is 0 Å². The van der Waals surface area contributed by atoms with Crippen molar-refractivity contribution in [1.29, 1.82) is 0 Å². The molecule has 25 heavy (non-hydrogen) atoms. The van der Waals surface area contributed by atoms with Crippen LogP contribution in [0.2, 0.25) is 0 Å². The SMILES string of the molecule is CCCOC(=O)C(C)n1ccc2c(OCc3ccccc3)cccc21. The number of hydrogen-bond donors (Lipinski definition) is 0. The second kappa shape index (κ2) is 7.88. The molecule has 0 bridgehead atoms. The Bertz CT molecular complexity index is 839. The number of benzene rings is 2. The first-order valence-electron chi connectivity index (χ1n) is 8.63. The fourth-order valence-corrected chi connectivity index (χ4v) is 2.80. The maximum Gasteiger partial charge on any atom is 0.328 e. The van der Waals surface area contributed by atoms with Gasteiger partial charge in [0, 0.05) is 11.6 Å². The molecule has 0 saturated heterocycles. The average molecular weight is 337 g/mol. The molecule has 4 heteroatoms. The molecule has 3 aromatic rings. The van der Waals surface area contributed by atoms with Crippen LogP contribution in [-0.4, -0.2) is 17.1 Å². The molecule has 0 aliphatic heterocycles. The van der Waals surface area contributed by atoms with Crippen molar-refractivity contribution >= 4 is 16.9 Å². The molecular formula is C21H23NO3. The van der Waals surface area contributed by atoms with Gasteiger partial charge < -0.3 is 14.0 Å². The van der Waals surface area contributed by atoms with Crippen molar-refractivity contribution in [2.24, 2.45) is 0 Å². The van der Waals surface area contributed by atoms with E-state index in [0.717, 1.165) is 28.6 Å². The molecule has 4 nitrogen and oxygen atoms in total. The van der Waals surface area contributed by atoms with E-state index in [2.05, 4.69) is 0 Å². The van der Waals surface area contributed by atoms with Crippen molar-refractivity contribution in [1.82, 2.24) is 4.57 Å². The monoisotopic (exact) mass is 337 g/mol. The number of ether oxygens (including phenoxy) is 2. The average Bonchev–Trinajstić information content (AvgIpc) is 3.09. The second-order valence-corrected chi connectivity index (χ2v) is 6.03. The van der Waals surface area contributed by atoms with Gasteiger partial charge in [-0.15, -0.1) is 0 Å².